The van der Waals surface area contributed by atoms with E-state index in [1.807, 2.05) is 0 Å². The van der Waals surface area contributed by atoms with Crippen molar-refractivity contribution in [1.82, 2.24) is 10.6 Å². The molecule has 0 amide bonds. The van der Waals surface area contributed by atoms with Gasteiger partial charge in [0.25, 0.3) is 0 Å². The molecule has 1 rings (SSSR count). The fourth-order valence-corrected chi connectivity index (χ4v) is 1.65. The van der Waals surface area contributed by atoms with Gasteiger partial charge in [-0.3, -0.25) is 4.99 Å². The molecule has 0 saturated heterocycles. The average molecular weight is 493 g/mol. The molecule has 10 heteroatoms. The SMILES string of the molecule is CCNC(=NCCC(F)(F)F)NCC#Cc1ccc(C(F)(F)F)cc1.I. The van der Waals surface area contributed by atoms with Gasteiger partial charge < -0.3 is 10.6 Å². The largest absolute Gasteiger partial charge is 0.416 e. The Labute approximate surface area is 164 Å². The van der Waals surface area contributed by atoms with Gasteiger partial charge in [-0.25, -0.2) is 0 Å². The van der Waals surface area contributed by atoms with Crippen molar-refractivity contribution in [2.75, 3.05) is 19.6 Å². The van der Waals surface area contributed by atoms with Gasteiger partial charge >= 0.3 is 12.4 Å². The monoisotopic (exact) mass is 493 g/mol. The highest BCUT2D eigenvalue weighted by atomic mass is 127. The number of guanidine groups is 1. The van der Waals surface area contributed by atoms with Crippen LogP contribution in [0.3, 0.4) is 0 Å². The molecule has 0 bridgehead atoms. The van der Waals surface area contributed by atoms with Crippen LogP contribution in [-0.2, 0) is 6.18 Å². The summed E-state index contributed by atoms with van der Waals surface area (Å²) in [6, 6.07) is 4.36. The van der Waals surface area contributed by atoms with Crippen molar-refractivity contribution in [2.24, 2.45) is 4.99 Å². The summed E-state index contributed by atoms with van der Waals surface area (Å²) in [5.74, 6) is 5.52. The van der Waals surface area contributed by atoms with Crippen molar-refractivity contribution < 1.29 is 26.3 Å². The van der Waals surface area contributed by atoms with Crippen LogP contribution in [0.4, 0.5) is 26.3 Å². The zero-order valence-corrected chi connectivity index (χ0v) is 16.1. The highest BCUT2D eigenvalue weighted by molar-refractivity contribution is 14.0. The van der Waals surface area contributed by atoms with Crippen LogP contribution in [0.15, 0.2) is 29.3 Å². The number of benzene rings is 1. The van der Waals surface area contributed by atoms with Crippen LogP contribution < -0.4 is 10.6 Å². The molecule has 0 atom stereocenters. The van der Waals surface area contributed by atoms with E-state index in [0.717, 1.165) is 12.1 Å². The van der Waals surface area contributed by atoms with Crippen molar-refractivity contribution >= 4 is 29.9 Å². The van der Waals surface area contributed by atoms with E-state index >= 15 is 0 Å². The fourth-order valence-electron chi connectivity index (χ4n) is 1.65. The van der Waals surface area contributed by atoms with E-state index in [2.05, 4.69) is 27.5 Å². The third kappa shape index (κ3) is 10.4. The number of hydrogen-bond acceptors (Lipinski definition) is 1. The fraction of sp³-hybridized carbons (Fsp3) is 0.438. The minimum absolute atomic E-state index is 0. The summed E-state index contributed by atoms with van der Waals surface area (Å²) in [4.78, 5) is 3.76. The second-order valence-electron chi connectivity index (χ2n) is 4.86. The van der Waals surface area contributed by atoms with E-state index in [1.165, 1.54) is 12.1 Å². The lowest BCUT2D eigenvalue weighted by Gasteiger charge is -2.09. The molecule has 0 fully saturated rings. The second-order valence-corrected chi connectivity index (χ2v) is 4.86. The quantitative estimate of drug-likeness (QED) is 0.217. The number of nitrogens with zero attached hydrogens (tertiary/aromatic N) is 1. The number of aliphatic imine (C=N–C) groups is 1. The summed E-state index contributed by atoms with van der Waals surface area (Å²) in [6.45, 7) is 1.89. The molecule has 0 radical (unpaired) electrons. The Hall–Kier alpha value is -1.64. The summed E-state index contributed by atoms with van der Waals surface area (Å²) in [5, 5.41) is 5.50. The normalized spacial score (nSPS) is 11.9. The summed E-state index contributed by atoms with van der Waals surface area (Å²) >= 11 is 0. The second kappa shape index (κ2) is 11.2. The molecule has 0 heterocycles. The van der Waals surface area contributed by atoms with Gasteiger partial charge in [0.05, 0.1) is 25.1 Å². The first-order valence-electron chi connectivity index (χ1n) is 7.37. The van der Waals surface area contributed by atoms with Gasteiger partial charge in [0.15, 0.2) is 5.96 Å². The molecule has 1 aromatic carbocycles. The molecule has 146 valence electrons. The Balaban J connectivity index is 0.00000625. The van der Waals surface area contributed by atoms with Gasteiger partial charge in [-0.1, -0.05) is 11.8 Å². The number of halogens is 7. The molecule has 0 aliphatic rings. The smallest absolute Gasteiger partial charge is 0.357 e. The van der Waals surface area contributed by atoms with Crippen molar-refractivity contribution in [3.8, 4) is 11.8 Å². The van der Waals surface area contributed by atoms with Crippen molar-refractivity contribution in [1.29, 1.82) is 0 Å². The van der Waals surface area contributed by atoms with Crippen molar-refractivity contribution in [3.05, 3.63) is 35.4 Å². The Bertz CT molecular complexity index is 627. The molecular formula is C16H18F6IN3. The molecule has 0 unspecified atom stereocenters. The van der Waals surface area contributed by atoms with Gasteiger partial charge in [0.2, 0.25) is 0 Å². The number of nitrogens with one attached hydrogen (secondary N) is 2. The van der Waals surface area contributed by atoms with E-state index in [1.54, 1.807) is 6.92 Å². The maximum atomic E-state index is 12.4. The molecule has 3 nitrogen and oxygen atoms in total. The maximum absolute atomic E-state index is 12.4. The Morgan fingerprint density at radius 2 is 1.65 bits per heavy atom. The lowest BCUT2D eigenvalue weighted by atomic mass is 10.1. The summed E-state index contributed by atoms with van der Waals surface area (Å²) < 4.78 is 73.5. The Kier molecular flexibility index (Phi) is 10.4. The Morgan fingerprint density at radius 1 is 1.04 bits per heavy atom. The third-order valence-corrected chi connectivity index (χ3v) is 2.80. The number of hydrogen-bond donors (Lipinski definition) is 2. The van der Waals surface area contributed by atoms with E-state index in [-0.39, 0.29) is 36.5 Å². The van der Waals surface area contributed by atoms with E-state index in [4.69, 9.17) is 0 Å². The standard InChI is InChI=1S/C16H17F6N3.HI/c1-2-23-14(25-11-9-15(17,18)19)24-10-3-4-12-5-7-13(8-6-12)16(20,21)22;/h5-8H,2,9-11H2,1H3,(H2,23,24,25);1H. The molecule has 1 aromatic rings. The number of rotatable bonds is 4. The molecular weight excluding hydrogens is 475 g/mol. The average Bonchev–Trinajstić information content (AvgIpc) is 2.50. The van der Waals surface area contributed by atoms with Crippen LogP contribution in [-0.4, -0.2) is 31.8 Å². The van der Waals surface area contributed by atoms with Gasteiger partial charge in [-0.2, -0.15) is 26.3 Å². The molecule has 0 saturated carbocycles. The van der Waals surface area contributed by atoms with Crippen LogP contribution in [0.25, 0.3) is 0 Å². The summed E-state index contributed by atoms with van der Waals surface area (Å²) in [5.41, 5.74) is -0.365. The van der Waals surface area contributed by atoms with Crippen LogP contribution in [0.2, 0.25) is 0 Å². The minimum Gasteiger partial charge on any atom is -0.357 e. The lowest BCUT2D eigenvalue weighted by molar-refractivity contribution is -0.137. The molecule has 0 spiro atoms. The first-order chi connectivity index (χ1) is 11.6. The van der Waals surface area contributed by atoms with Crippen LogP contribution >= 0.6 is 24.0 Å². The number of alkyl halides is 6. The van der Waals surface area contributed by atoms with Gasteiger partial charge in [0.1, 0.15) is 0 Å². The van der Waals surface area contributed by atoms with E-state index in [0.29, 0.717) is 12.1 Å². The molecule has 0 aliphatic carbocycles. The molecule has 0 aromatic heterocycles. The third-order valence-electron chi connectivity index (χ3n) is 2.80. The maximum Gasteiger partial charge on any atom is 0.416 e. The van der Waals surface area contributed by atoms with Crippen molar-refractivity contribution in [3.63, 3.8) is 0 Å². The first kappa shape index (κ1) is 24.4. The summed E-state index contributed by atoms with van der Waals surface area (Å²) in [7, 11) is 0. The first-order valence-corrected chi connectivity index (χ1v) is 7.37. The van der Waals surface area contributed by atoms with Crippen LogP contribution in [0, 0.1) is 11.8 Å². The minimum atomic E-state index is -4.40. The predicted molar refractivity (Wildman–Crippen MR) is 98.4 cm³/mol. The topological polar surface area (TPSA) is 36.4 Å². The van der Waals surface area contributed by atoms with Crippen molar-refractivity contribution in [2.45, 2.75) is 25.7 Å². The molecule has 2 N–H and O–H groups in total. The van der Waals surface area contributed by atoms with Gasteiger partial charge in [0, 0.05) is 12.1 Å². The zero-order chi connectivity index (χ0) is 18.9. The zero-order valence-electron chi connectivity index (χ0n) is 13.8. The van der Waals surface area contributed by atoms with Gasteiger partial charge in [-0.15, -0.1) is 24.0 Å². The van der Waals surface area contributed by atoms with Crippen LogP contribution in [0.1, 0.15) is 24.5 Å². The van der Waals surface area contributed by atoms with Crippen LogP contribution in [0.5, 0.6) is 0 Å². The van der Waals surface area contributed by atoms with E-state index < -0.39 is 30.9 Å². The molecule has 0 aliphatic heterocycles. The summed E-state index contributed by atoms with van der Waals surface area (Å²) in [6.07, 6.45) is -9.70. The predicted octanol–water partition coefficient (Wildman–Crippen LogP) is 4.18. The van der Waals surface area contributed by atoms with Gasteiger partial charge in [-0.05, 0) is 31.2 Å². The Morgan fingerprint density at radius 3 is 2.15 bits per heavy atom. The highest BCUT2D eigenvalue weighted by Crippen LogP contribution is 2.28. The van der Waals surface area contributed by atoms with E-state index in [9.17, 15) is 26.3 Å². The molecule has 26 heavy (non-hydrogen) atoms. The highest BCUT2D eigenvalue weighted by Gasteiger charge is 2.29. The lowest BCUT2D eigenvalue weighted by Crippen LogP contribution is -2.37.